The summed E-state index contributed by atoms with van der Waals surface area (Å²) in [6.45, 7) is 1.56. The summed E-state index contributed by atoms with van der Waals surface area (Å²) < 4.78 is 81.7. The zero-order chi connectivity index (χ0) is 30.7. The molecule has 14 heteroatoms. The van der Waals surface area contributed by atoms with Gasteiger partial charge in [0.05, 0.1) is 18.8 Å². The molecule has 1 aliphatic rings. The molecule has 0 radical (unpaired) electrons. The Kier molecular flexibility index (Phi) is 9.72. The SMILES string of the molecule is Cc1nnc(SCC2CC(c3ccc(CO)cc3)OC(c3ccc(CNC(=O)c4c(F)c(F)c(F)c(F)c4F)cc3)O2)s1. The number of nitrogens with zero attached hydrogens (tertiary/aromatic N) is 2. The van der Waals surface area contributed by atoms with E-state index in [1.807, 2.05) is 31.2 Å². The van der Waals surface area contributed by atoms with Crippen LogP contribution in [0.1, 0.15) is 56.4 Å². The number of thioether (sulfide) groups is 1. The summed E-state index contributed by atoms with van der Waals surface area (Å²) in [5.74, 6) is -12.0. The van der Waals surface area contributed by atoms with Gasteiger partial charge in [0.15, 0.2) is 33.9 Å². The number of carbonyl (C=O) groups excluding carboxylic acids is 1. The maximum Gasteiger partial charge on any atom is 0.257 e. The van der Waals surface area contributed by atoms with E-state index in [1.54, 1.807) is 24.3 Å². The van der Waals surface area contributed by atoms with E-state index in [0.29, 0.717) is 23.3 Å². The topological polar surface area (TPSA) is 93.6 Å². The van der Waals surface area contributed by atoms with Crippen molar-refractivity contribution in [3.63, 3.8) is 0 Å². The first-order valence-corrected chi connectivity index (χ1v) is 14.8. The molecule has 1 aliphatic heterocycles. The summed E-state index contributed by atoms with van der Waals surface area (Å²) in [4.78, 5) is 12.3. The van der Waals surface area contributed by atoms with E-state index >= 15 is 0 Å². The number of hydrogen-bond donors (Lipinski definition) is 2. The molecule has 3 atom stereocenters. The molecule has 7 nitrogen and oxygen atoms in total. The molecular weight excluding hydrogens is 613 g/mol. The minimum absolute atomic E-state index is 0.0770. The van der Waals surface area contributed by atoms with Crippen LogP contribution in [0.25, 0.3) is 0 Å². The fourth-order valence-electron chi connectivity index (χ4n) is 4.39. The molecule has 0 spiro atoms. The van der Waals surface area contributed by atoms with Crippen molar-refractivity contribution in [2.45, 2.75) is 49.3 Å². The van der Waals surface area contributed by atoms with Crippen molar-refractivity contribution in [2.75, 3.05) is 5.75 Å². The Morgan fingerprint density at radius 3 is 2.12 bits per heavy atom. The Hall–Kier alpha value is -3.43. The zero-order valence-corrected chi connectivity index (χ0v) is 24.1. The van der Waals surface area contributed by atoms with E-state index in [2.05, 4.69) is 15.5 Å². The molecule has 226 valence electrons. The number of aromatic nitrogens is 2. The lowest BCUT2D eigenvalue weighted by Gasteiger charge is -2.36. The molecule has 2 heterocycles. The number of hydrogen-bond acceptors (Lipinski definition) is 8. The molecular formula is C29H24F5N3O4S2. The Labute approximate surface area is 251 Å². The molecule has 1 aromatic heterocycles. The fourth-order valence-corrected chi connectivity index (χ4v) is 6.25. The summed E-state index contributed by atoms with van der Waals surface area (Å²) in [5, 5.41) is 20.6. The molecule has 1 amide bonds. The third kappa shape index (κ3) is 7.04. The molecule has 0 aliphatic carbocycles. The molecule has 1 fully saturated rings. The number of ether oxygens (including phenoxy) is 2. The molecule has 3 unspecified atom stereocenters. The highest BCUT2D eigenvalue weighted by molar-refractivity contribution is 8.01. The lowest BCUT2D eigenvalue weighted by atomic mass is 10.0. The monoisotopic (exact) mass is 637 g/mol. The van der Waals surface area contributed by atoms with Crippen LogP contribution in [0.2, 0.25) is 0 Å². The lowest BCUT2D eigenvalue weighted by Crippen LogP contribution is -2.31. The van der Waals surface area contributed by atoms with Gasteiger partial charge in [-0.05, 0) is 23.6 Å². The van der Waals surface area contributed by atoms with E-state index < -0.39 is 46.8 Å². The number of aliphatic hydroxyl groups is 1. The van der Waals surface area contributed by atoms with Crippen molar-refractivity contribution in [1.82, 2.24) is 15.5 Å². The van der Waals surface area contributed by atoms with Crippen LogP contribution >= 0.6 is 23.1 Å². The highest BCUT2D eigenvalue weighted by Gasteiger charge is 2.33. The smallest absolute Gasteiger partial charge is 0.257 e. The standard InChI is InChI=1S/C29H24F5N3O4S2/c1-14-36-37-29(43-14)42-13-19-10-20(17-6-4-16(12-38)5-7-17)41-28(40-19)18-8-2-15(3-9-18)11-35-27(39)21-22(30)24(32)26(34)25(33)23(21)31/h2-9,19-20,28,38H,10-13H2,1H3,(H,35,39). The number of halogens is 5. The van der Waals surface area contributed by atoms with Crippen LogP contribution in [-0.2, 0) is 22.6 Å². The van der Waals surface area contributed by atoms with Crippen LogP contribution < -0.4 is 5.32 Å². The first-order valence-electron chi connectivity index (χ1n) is 13.0. The van der Waals surface area contributed by atoms with Crippen LogP contribution in [0.5, 0.6) is 0 Å². The normalized spacial score (nSPS) is 18.5. The number of nitrogens with one attached hydrogen (secondary N) is 1. The van der Waals surface area contributed by atoms with E-state index in [4.69, 9.17) is 9.47 Å². The van der Waals surface area contributed by atoms with Gasteiger partial charge in [-0.25, -0.2) is 22.0 Å². The molecule has 0 bridgehead atoms. The molecule has 5 rings (SSSR count). The number of amides is 1. The van der Waals surface area contributed by atoms with Gasteiger partial charge in [-0.3, -0.25) is 4.79 Å². The Bertz CT molecular complexity index is 1580. The van der Waals surface area contributed by atoms with Crippen molar-refractivity contribution in [3.8, 4) is 0 Å². The molecule has 3 aromatic carbocycles. The summed E-state index contributed by atoms with van der Waals surface area (Å²) in [6, 6.07) is 14.1. The van der Waals surface area contributed by atoms with Gasteiger partial charge in [-0.1, -0.05) is 71.6 Å². The average molecular weight is 638 g/mol. The quantitative estimate of drug-likeness (QED) is 0.0963. The third-order valence-electron chi connectivity index (χ3n) is 6.66. The van der Waals surface area contributed by atoms with Gasteiger partial charge in [0.2, 0.25) is 5.82 Å². The number of aliphatic hydroxyl groups excluding tert-OH is 1. The highest BCUT2D eigenvalue weighted by atomic mass is 32.2. The summed E-state index contributed by atoms with van der Waals surface area (Å²) >= 11 is 3.02. The van der Waals surface area contributed by atoms with E-state index in [9.17, 15) is 31.9 Å². The van der Waals surface area contributed by atoms with Gasteiger partial charge in [-0.2, -0.15) is 0 Å². The Balaban J connectivity index is 1.28. The first kappa shape index (κ1) is 31.0. The predicted octanol–water partition coefficient (Wildman–Crippen LogP) is 6.30. The number of rotatable bonds is 9. The largest absolute Gasteiger partial charge is 0.392 e. The second-order valence-electron chi connectivity index (χ2n) is 9.62. The van der Waals surface area contributed by atoms with E-state index in [0.717, 1.165) is 20.5 Å². The summed E-state index contributed by atoms with van der Waals surface area (Å²) in [6.07, 6.45) is -0.707. The average Bonchev–Trinajstić information content (AvgIpc) is 3.46. The minimum atomic E-state index is -2.34. The van der Waals surface area contributed by atoms with Crippen molar-refractivity contribution >= 4 is 29.0 Å². The maximum absolute atomic E-state index is 14.0. The van der Waals surface area contributed by atoms with Crippen molar-refractivity contribution in [3.05, 3.63) is 110 Å². The van der Waals surface area contributed by atoms with Gasteiger partial charge in [0.1, 0.15) is 10.6 Å². The van der Waals surface area contributed by atoms with Crippen molar-refractivity contribution in [2.24, 2.45) is 0 Å². The fraction of sp³-hybridized carbons (Fsp3) is 0.276. The number of carbonyl (C=O) groups is 1. The Morgan fingerprint density at radius 1 is 0.907 bits per heavy atom. The Morgan fingerprint density at radius 2 is 1.51 bits per heavy atom. The van der Waals surface area contributed by atoms with E-state index in [-0.39, 0.29) is 25.4 Å². The van der Waals surface area contributed by atoms with Gasteiger partial charge in [-0.15, -0.1) is 10.2 Å². The van der Waals surface area contributed by atoms with Gasteiger partial charge >= 0.3 is 0 Å². The van der Waals surface area contributed by atoms with Crippen LogP contribution in [0.3, 0.4) is 0 Å². The maximum atomic E-state index is 14.0. The second kappa shape index (κ2) is 13.5. The van der Waals surface area contributed by atoms with Crippen LogP contribution in [0, 0.1) is 36.0 Å². The van der Waals surface area contributed by atoms with Gasteiger partial charge in [0.25, 0.3) is 5.91 Å². The highest BCUT2D eigenvalue weighted by Crippen LogP contribution is 2.39. The lowest BCUT2D eigenvalue weighted by molar-refractivity contribution is -0.245. The number of benzene rings is 3. The third-order valence-corrected chi connectivity index (χ3v) is 8.76. The summed E-state index contributed by atoms with van der Waals surface area (Å²) in [7, 11) is 0. The van der Waals surface area contributed by atoms with Gasteiger partial charge in [0, 0.05) is 24.3 Å². The van der Waals surface area contributed by atoms with Gasteiger partial charge < -0.3 is 19.9 Å². The number of aryl methyl sites for hydroxylation is 1. The van der Waals surface area contributed by atoms with E-state index in [1.165, 1.54) is 23.1 Å². The van der Waals surface area contributed by atoms with Crippen molar-refractivity contribution < 1.29 is 41.3 Å². The van der Waals surface area contributed by atoms with Crippen LogP contribution in [0.15, 0.2) is 52.9 Å². The second-order valence-corrected chi connectivity index (χ2v) is 12.1. The molecule has 1 saturated heterocycles. The van der Waals surface area contributed by atoms with Crippen LogP contribution in [-0.4, -0.2) is 33.1 Å². The molecule has 0 saturated carbocycles. The summed E-state index contributed by atoms with van der Waals surface area (Å²) in [5.41, 5.74) is 1.29. The molecule has 2 N–H and O–H groups in total. The zero-order valence-electron chi connectivity index (χ0n) is 22.5. The molecule has 4 aromatic rings. The first-order chi connectivity index (χ1) is 20.6. The minimum Gasteiger partial charge on any atom is -0.392 e. The predicted molar refractivity (Wildman–Crippen MR) is 148 cm³/mol. The molecule has 43 heavy (non-hydrogen) atoms. The van der Waals surface area contributed by atoms with Crippen molar-refractivity contribution in [1.29, 1.82) is 0 Å². The van der Waals surface area contributed by atoms with Crippen LogP contribution in [0.4, 0.5) is 22.0 Å².